The van der Waals surface area contributed by atoms with Crippen LogP contribution >= 0.6 is 0 Å². The van der Waals surface area contributed by atoms with Crippen molar-refractivity contribution in [1.82, 2.24) is 15.5 Å². The number of benzene rings is 1. The minimum absolute atomic E-state index is 0.528. The van der Waals surface area contributed by atoms with E-state index in [1.807, 2.05) is 6.20 Å². The van der Waals surface area contributed by atoms with Crippen LogP contribution in [-0.2, 0) is 0 Å². The first kappa shape index (κ1) is 8.92. The van der Waals surface area contributed by atoms with Crippen LogP contribution in [0, 0.1) is 0 Å². The van der Waals surface area contributed by atoms with Crippen molar-refractivity contribution in [2.75, 3.05) is 6.54 Å². The Balaban J connectivity index is 1.95. The summed E-state index contributed by atoms with van der Waals surface area (Å²) in [5.74, 6) is 0. The molecule has 1 aromatic heterocycles. The van der Waals surface area contributed by atoms with E-state index in [2.05, 4.69) is 33.7 Å². The van der Waals surface area contributed by atoms with Crippen LogP contribution in [0.2, 0.25) is 0 Å². The zero-order chi connectivity index (χ0) is 10.1. The second-order valence-electron chi connectivity index (χ2n) is 4.21. The van der Waals surface area contributed by atoms with Gasteiger partial charge in [0, 0.05) is 17.6 Å². The van der Waals surface area contributed by atoms with Crippen molar-refractivity contribution in [2.45, 2.75) is 25.3 Å². The average Bonchev–Trinajstić information content (AvgIpc) is 2.77. The van der Waals surface area contributed by atoms with Gasteiger partial charge in [0.15, 0.2) is 0 Å². The maximum atomic E-state index is 4.22. The molecular formula is C12H15N3. The lowest BCUT2D eigenvalue weighted by Gasteiger charge is -2.23. The fourth-order valence-corrected chi connectivity index (χ4v) is 2.30. The molecule has 0 radical (unpaired) electrons. The zero-order valence-electron chi connectivity index (χ0n) is 8.66. The summed E-state index contributed by atoms with van der Waals surface area (Å²) in [7, 11) is 0. The van der Waals surface area contributed by atoms with Gasteiger partial charge >= 0.3 is 0 Å². The van der Waals surface area contributed by atoms with E-state index in [-0.39, 0.29) is 0 Å². The second-order valence-corrected chi connectivity index (χ2v) is 4.21. The van der Waals surface area contributed by atoms with Gasteiger partial charge < -0.3 is 5.32 Å². The molecule has 1 fully saturated rings. The molecule has 15 heavy (non-hydrogen) atoms. The maximum absolute atomic E-state index is 4.22. The van der Waals surface area contributed by atoms with Crippen molar-refractivity contribution in [3.05, 3.63) is 30.0 Å². The van der Waals surface area contributed by atoms with Gasteiger partial charge in [-0.2, -0.15) is 5.10 Å². The second kappa shape index (κ2) is 3.66. The van der Waals surface area contributed by atoms with Crippen molar-refractivity contribution in [2.24, 2.45) is 0 Å². The molecule has 0 amide bonds. The number of rotatable bonds is 1. The Kier molecular flexibility index (Phi) is 2.18. The summed E-state index contributed by atoms with van der Waals surface area (Å²) in [6.45, 7) is 1.14. The third kappa shape index (κ3) is 1.63. The summed E-state index contributed by atoms with van der Waals surface area (Å²) in [5.41, 5.74) is 2.44. The van der Waals surface area contributed by atoms with Crippen molar-refractivity contribution in [1.29, 1.82) is 0 Å². The van der Waals surface area contributed by atoms with E-state index in [9.17, 15) is 0 Å². The van der Waals surface area contributed by atoms with Gasteiger partial charge in [-0.15, -0.1) is 0 Å². The number of hydrogen-bond acceptors (Lipinski definition) is 2. The van der Waals surface area contributed by atoms with Crippen LogP contribution in [0.4, 0.5) is 0 Å². The molecule has 78 valence electrons. The fourth-order valence-electron chi connectivity index (χ4n) is 2.30. The Morgan fingerprint density at radius 2 is 2.27 bits per heavy atom. The summed E-state index contributed by atoms with van der Waals surface area (Å²) in [4.78, 5) is 0. The molecule has 1 aromatic carbocycles. The summed E-state index contributed by atoms with van der Waals surface area (Å²) < 4.78 is 0. The van der Waals surface area contributed by atoms with Gasteiger partial charge in [-0.1, -0.05) is 18.6 Å². The molecule has 2 aromatic rings. The van der Waals surface area contributed by atoms with Gasteiger partial charge in [-0.3, -0.25) is 5.10 Å². The fraction of sp³-hybridized carbons (Fsp3) is 0.417. The first-order chi connectivity index (χ1) is 7.43. The minimum atomic E-state index is 0.528. The van der Waals surface area contributed by atoms with Crippen LogP contribution < -0.4 is 5.32 Å². The lowest BCUT2D eigenvalue weighted by molar-refractivity contribution is 0.412. The molecule has 0 aliphatic carbocycles. The number of H-pyrrole nitrogens is 1. The number of aromatic amines is 1. The molecule has 2 N–H and O–H groups in total. The van der Waals surface area contributed by atoms with Crippen molar-refractivity contribution >= 4 is 10.9 Å². The van der Waals surface area contributed by atoms with E-state index in [0.717, 1.165) is 12.1 Å². The highest BCUT2D eigenvalue weighted by molar-refractivity contribution is 5.78. The summed E-state index contributed by atoms with van der Waals surface area (Å²) in [6, 6.07) is 7.07. The van der Waals surface area contributed by atoms with Crippen LogP contribution in [-0.4, -0.2) is 16.7 Å². The quantitative estimate of drug-likeness (QED) is 0.743. The molecule has 1 saturated heterocycles. The zero-order valence-corrected chi connectivity index (χ0v) is 8.66. The van der Waals surface area contributed by atoms with Crippen LogP contribution in [0.15, 0.2) is 24.4 Å². The molecule has 1 aliphatic heterocycles. The molecule has 0 saturated carbocycles. The SMILES string of the molecule is c1cc2c[nH]nc2cc1C1CCCCN1. The topological polar surface area (TPSA) is 40.7 Å². The van der Waals surface area contributed by atoms with Crippen LogP contribution in [0.25, 0.3) is 10.9 Å². The lowest BCUT2D eigenvalue weighted by atomic mass is 9.97. The van der Waals surface area contributed by atoms with Gasteiger partial charge in [0.1, 0.15) is 0 Å². The van der Waals surface area contributed by atoms with Gasteiger partial charge in [0.25, 0.3) is 0 Å². The van der Waals surface area contributed by atoms with Gasteiger partial charge in [0.05, 0.1) is 5.52 Å². The first-order valence-electron chi connectivity index (χ1n) is 5.60. The number of fused-ring (bicyclic) bond motifs is 1. The molecule has 0 spiro atoms. The summed E-state index contributed by atoms with van der Waals surface area (Å²) >= 11 is 0. The van der Waals surface area contributed by atoms with E-state index in [4.69, 9.17) is 0 Å². The third-order valence-electron chi connectivity index (χ3n) is 3.17. The maximum Gasteiger partial charge on any atom is 0.0924 e. The highest BCUT2D eigenvalue weighted by Gasteiger charge is 2.14. The predicted molar refractivity (Wildman–Crippen MR) is 60.7 cm³/mol. The van der Waals surface area contributed by atoms with Gasteiger partial charge in [-0.25, -0.2) is 0 Å². The molecule has 1 aliphatic rings. The Labute approximate surface area is 88.9 Å². The number of hydrogen-bond donors (Lipinski definition) is 2. The van der Waals surface area contributed by atoms with E-state index >= 15 is 0 Å². The summed E-state index contributed by atoms with van der Waals surface area (Å²) in [6.07, 6.45) is 5.82. The molecule has 3 rings (SSSR count). The smallest absolute Gasteiger partial charge is 0.0924 e. The Bertz CT molecular complexity index is 455. The van der Waals surface area contributed by atoms with E-state index in [0.29, 0.717) is 6.04 Å². The highest BCUT2D eigenvalue weighted by Crippen LogP contribution is 2.25. The van der Waals surface area contributed by atoms with Crippen LogP contribution in [0.3, 0.4) is 0 Å². The molecule has 1 unspecified atom stereocenters. The van der Waals surface area contributed by atoms with Crippen molar-refractivity contribution < 1.29 is 0 Å². The van der Waals surface area contributed by atoms with E-state index < -0.39 is 0 Å². The highest BCUT2D eigenvalue weighted by atomic mass is 15.1. The van der Waals surface area contributed by atoms with Crippen LogP contribution in [0.1, 0.15) is 30.9 Å². The van der Waals surface area contributed by atoms with E-state index in [1.165, 1.54) is 30.2 Å². The first-order valence-corrected chi connectivity index (χ1v) is 5.60. The minimum Gasteiger partial charge on any atom is -0.310 e. The number of aromatic nitrogens is 2. The largest absolute Gasteiger partial charge is 0.310 e. The molecule has 2 heterocycles. The number of nitrogens with one attached hydrogen (secondary N) is 2. The summed E-state index contributed by atoms with van der Waals surface area (Å²) in [5, 5.41) is 11.9. The molecule has 3 heteroatoms. The Morgan fingerprint density at radius 1 is 1.27 bits per heavy atom. The number of piperidine rings is 1. The molecule has 3 nitrogen and oxygen atoms in total. The predicted octanol–water partition coefficient (Wildman–Crippen LogP) is 2.38. The Morgan fingerprint density at radius 3 is 3.13 bits per heavy atom. The number of nitrogens with zero attached hydrogens (tertiary/aromatic N) is 1. The van der Waals surface area contributed by atoms with Crippen molar-refractivity contribution in [3.63, 3.8) is 0 Å². The Hall–Kier alpha value is -1.35. The van der Waals surface area contributed by atoms with Gasteiger partial charge in [-0.05, 0) is 31.0 Å². The monoisotopic (exact) mass is 201 g/mol. The lowest BCUT2D eigenvalue weighted by Crippen LogP contribution is -2.26. The van der Waals surface area contributed by atoms with Crippen molar-refractivity contribution in [3.8, 4) is 0 Å². The molecule has 0 bridgehead atoms. The molecular weight excluding hydrogens is 186 g/mol. The standard InChI is InChI=1S/C12H15N3/c1-2-6-13-11(3-1)9-4-5-10-8-14-15-12(10)7-9/h4-5,7-8,11,13H,1-3,6H2,(H,14,15). The van der Waals surface area contributed by atoms with Gasteiger partial charge in [0.2, 0.25) is 0 Å². The van der Waals surface area contributed by atoms with E-state index in [1.54, 1.807) is 0 Å². The normalized spacial score (nSPS) is 22.0. The average molecular weight is 201 g/mol. The molecule has 1 atom stereocenters. The third-order valence-corrected chi connectivity index (χ3v) is 3.17. The van der Waals surface area contributed by atoms with Crippen LogP contribution in [0.5, 0.6) is 0 Å².